The van der Waals surface area contributed by atoms with E-state index < -0.39 is 0 Å². The summed E-state index contributed by atoms with van der Waals surface area (Å²) in [5.41, 5.74) is 0. The monoisotopic (exact) mass is 364 g/mol. The van der Waals surface area contributed by atoms with Crippen molar-refractivity contribution in [3.8, 4) is 0 Å². The summed E-state index contributed by atoms with van der Waals surface area (Å²) in [5.74, 6) is 0.442. The van der Waals surface area contributed by atoms with Crippen molar-refractivity contribution in [1.82, 2.24) is 0 Å². The number of hydrogen-bond donors (Lipinski definition) is 1. The Morgan fingerprint density at radius 3 is 2.81 bits per heavy atom. The molecule has 0 radical (unpaired) electrons. The summed E-state index contributed by atoms with van der Waals surface area (Å²) in [5, 5.41) is 10.0. The molecule has 4 heteroatoms. The number of Topliss-reactive ketones (excluding diaryl/α,β-unsaturated/α-hetero) is 1. The zero-order chi connectivity index (χ0) is 19.2. The molecule has 1 fully saturated rings. The zero-order valence-electron chi connectivity index (χ0n) is 16.5. The normalized spacial score (nSPS) is 21.7. The van der Waals surface area contributed by atoms with E-state index in [0.717, 1.165) is 57.8 Å². The second-order valence-corrected chi connectivity index (χ2v) is 7.27. The van der Waals surface area contributed by atoms with Gasteiger partial charge in [0.1, 0.15) is 5.78 Å². The number of hydrogen-bond acceptors (Lipinski definition) is 4. The average Bonchev–Trinajstić information content (AvgIpc) is 2.95. The Bertz CT molecular complexity index is 467. The van der Waals surface area contributed by atoms with Crippen LogP contribution in [0.15, 0.2) is 24.3 Å². The molecular weight excluding hydrogens is 328 g/mol. The number of aliphatic hydroxyl groups excluding tert-OH is 1. The van der Waals surface area contributed by atoms with Crippen molar-refractivity contribution in [3.63, 3.8) is 0 Å². The molecule has 1 saturated carbocycles. The number of allylic oxidation sites excluding steroid dienone is 3. The van der Waals surface area contributed by atoms with E-state index in [9.17, 15) is 14.7 Å². The van der Waals surface area contributed by atoms with Crippen molar-refractivity contribution in [3.05, 3.63) is 24.3 Å². The van der Waals surface area contributed by atoms with Crippen LogP contribution in [0.25, 0.3) is 0 Å². The fraction of sp³-hybridized carbons (Fsp3) is 0.727. The van der Waals surface area contributed by atoms with Gasteiger partial charge >= 0.3 is 5.97 Å². The van der Waals surface area contributed by atoms with Gasteiger partial charge in [0, 0.05) is 19.3 Å². The first-order chi connectivity index (χ1) is 12.5. The molecule has 0 bridgehead atoms. The van der Waals surface area contributed by atoms with Gasteiger partial charge in [-0.25, -0.2) is 0 Å². The predicted octanol–water partition coefficient (Wildman–Crippen LogP) is 4.76. The maximum Gasteiger partial charge on any atom is 0.302 e. The molecule has 0 saturated heterocycles. The van der Waals surface area contributed by atoms with Crippen LogP contribution in [0.4, 0.5) is 0 Å². The number of ketones is 1. The standard InChI is InChI=1S/C22H36O4/c1-3-4-8-11-20(24)15-13-19-14-16-22(25)21(19)12-9-6-5-7-10-17-26-18(2)23/h6,9,13,15,19-21,24H,3-5,7-8,10-12,14,16-17H2,1-2H3/b9-6-,15-13+/t19-,20-,21+/m0/s1. The van der Waals surface area contributed by atoms with E-state index in [1.807, 2.05) is 6.08 Å². The van der Waals surface area contributed by atoms with E-state index in [2.05, 4.69) is 25.2 Å². The van der Waals surface area contributed by atoms with Crippen LogP contribution in [0.2, 0.25) is 0 Å². The van der Waals surface area contributed by atoms with Gasteiger partial charge in [-0.1, -0.05) is 50.5 Å². The lowest BCUT2D eigenvalue weighted by Crippen LogP contribution is -2.13. The maximum absolute atomic E-state index is 12.1. The van der Waals surface area contributed by atoms with E-state index in [0.29, 0.717) is 18.8 Å². The molecule has 0 heterocycles. The van der Waals surface area contributed by atoms with Crippen LogP contribution in [0.3, 0.4) is 0 Å². The van der Waals surface area contributed by atoms with Gasteiger partial charge in [0.2, 0.25) is 0 Å². The Labute approximate surface area is 158 Å². The van der Waals surface area contributed by atoms with E-state index in [-0.39, 0.29) is 23.9 Å². The lowest BCUT2D eigenvalue weighted by Gasteiger charge is -2.13. The molecule has 0 aromatic carbocycles. The number of unbranched alkanes of at least 4 members (excludes halogenated alkanes) is 4. The molecule has 0 aromatic rings. The van der Waals surface area contributed by atoms with Crippen molar-refractivity contribution in [2.75, 3.05) is 6.61 Å². The highest BCUT2D eigenvalue weighted by Crippen LogP contribution is 2.33. The molecule has 1 aliphatic rings. The fourth-order valence-corrected chi connectivity index (χ4v) is 3.38. The molecule has 0 spiro atoms. The third-order valence-corrected chi connectivity index (χ3v) is 4.97. The van der Waals surface area contributed by atoms with E-state index in [1.54, 1.807) is 0 Å². The first-order valence-electron chi connectivity index (χ1n) is 10.2. The number of ether oxygens (including phenoxy) is 1. The van der Waals surface area contributed by atoms with Crippen molar-refractivity contribution in [1.29, 1.82) is 0 Å². The molecule has 0 unspecified atom stereocenters. The van der Waals surface area contributed by atoms with Crippen LogP contribution in [-0.2, 0) is 14.3 Å². The van der Waals surface area contributed by atoms with Crippen LogP contribution in [0, 0.1) is 11.8 Å². The first kappa shape index (κ1) is 22.6. The fourth-order valence-electron chi connectivity index (χ4n) is 3.38. The largest absolute Gasteiger partial charge is 0.466 e. The van der Waals surface area contributed by atoms with Gasteiger partial charge in [-0.05, 0) is 44.4 Å². The van der Waals surface area contributed by atoms with Gasteiger partial charge in [-0.2, -0.15) is 0 Å². The second kappa shape index (κ2) is 13.7. The summed E-state index contributed by atoms with van der Waals surface area (Å²) >= 11 is 0. The van der Waals surface area contributed by atoms with Gasteiger partial charge in [-0.3, -0.25) is 9.59 Å². The number of carbonyl (C=O) groups is 2. The third kappa shape index (κ3) is 9.91. The van der Waals surface area contributed by atoms with Crippen molar-refractivity contribution >= 4 is 11.8 Å². The van der Waals surface area contributed by atoms with Crippen LogP contribution in [0.5, 0.6) is 0 Å². The van der Waals surface area contributed by atoms with Crippen molar-refractivity contribution < 1.29 is 19.4 Å². The molecule has 0 amide bonds. The van der Waals surface area contributed by atoms with Crippen LogP contribution in [0.1, 0.15) is 78.1 Å². The van der Waals surface area contributed by atoms with Crippen molar-refractivity contribution in [2.45, 2.75) is 84.2 Å². The lowest BCUT2D eigenvalue weighted by atomic mass is 9.91. The maximum atomic E-state index is 12.1. The smallest absolute Gasteiger partial charge is 0.302 e. The summed E-state index contributed by atoms with van der Waals surface area (Å²) in [6.45, 7) is 4.07. The van der Waals surface area contributed by atoms with Gasteiger partial charge in [0.05, 0.1) is 12.7 Å². The highest BCUT2D eigenvalue weighted by atomic mass is 16.5. The molecule has 0 aliphatic heterocycles. The molecule has 1 rings (SSSR count). The Morgan fingerprint density at radius 2 is 2.08 bits per heavy atom. The number of esters is 1. The third-order valence-electron chi connectivity index (χ3n) is 4.97. The van der Waals surface area contributed by atoms with E-state index in [4.69, 9.17) is 4.74 Å². The second-order valence-electron chi connectivity index (χ2n) is 7.27. The topological polar surface area (TPSA) is 63.6 Å². The number of aliphatic hydroxyl groups is 1. The molecular formula is C22H36O4. The van der Waals surface area contributed by atoms with Gasteiger partial charge < -0.3 is 9.84 Å². The minimum Gasteiger partial charge on any atom is -0.466 e. The molecule has 26 heavy (non-hydrogen) atoms. The summed E-state index contributed by atoms with van der Waals surface area (Å²) in [6.07, 6.45) is 17.1. The Morgan fingerprint density at radius 1 is 1.27 bits per heavy atom. The van der Waals surface area contributed by atoms with E-state index >= 15 is 0 Å². The summed E-state index contributed by atoms with van der Waals surface area (Å²) in [4.78, 5) is 22.8. The molecule has 148 valence electrons. The van der Waals surface area contributed by atoms with Gasteiger partial charge in [-0.15, -0.1) is 0 Å². The number of carbonyl (C=O) groups excluding carboxylic acids is 2. The van der Waals surface area contributed by atoms with Crippen LogP contribution >= 0.6 is 0 Å². The highest BCUT2D eigenvalue weighted by molar-refractivity contribution is 5.83. The first-order valence-corrected chi connectivity index (χ1v) is 10.2. The SMILES string of the molecule is CCCCC[C@H](O)/C=C/[C@H]1CCC(=O)[C@@H]1C/C=C\CCCCOC(C)=O. The minimum atomic E-state index is -0.384. The average molecular weight is 365 g/mol. The molecule has 1 N–H and O–H groups in total. The predicted molar refractivity (Wildman–Crippen MR) is 105 cm³/mol. The van der Waals surface area contributed by atoms with Gasteiger partial charge in [0.15, 0.2) is 0 Å². The van der Waals surface area contributed by atoms with Gasteiger partial charge in [0.25, 0.3) is 0 Å². The quantitative estimate of drug-likeness (QED) is 0.291. The molecule has 3 atom stereocenters. The molecule has 0 aromatic heterocycles. The van der Waals surface area contributed by atoms with Crippen molar-refractivity contribution in [2.24, 2.45) is 11.8 Å². The van der Waals surface area contributed by atoms with Crippen LogP contribution in [-0.4, -0.2) is 29.6 Å². The summed E-state index contributed by atoms with van der Waals surface area (Å²) in [6, 6.07) is 0. The molecule has 1 aliphatic carbocycles. The zero-order valence-corrected chi connectivity index (χ0v) is 16.5. The summed E-state index contributed by atoms with van der Waals surface area (Å²) < 4.78 is 4.90. The Balaban J connectivity index is 2.28. The highest BCUT2D eigenvalue weighted by Gasteiger charge is 2.31. The Hall–Kier alpha value is -1.42. The summed E-state index contributed by atoms with van der Waals surface area (Å²) in [7, 11) is 0. The van der Waals surface area contributed by atoms with Crippen LogP contribution < -0.4 is 0 Å². The van der Waals surface area contributed by atoms with E-state index in [1.165, 1.54) is 6.92 Å². The lowest BCUT2D eigenvalue weighted by molar-refractivity contribution is -0.141. The Kier molecular flexibility index (Phi) is 12.0. The number of rotatable bonds is 13. The minimum absolute atomic E-state index is 0.0615. The molecule has 4 nitrogen and oxygen atoms in total.